The van der Waals surface area contributed by atoms with E-state index in [1.807, 2.05) is 30.3 Å². The Hall–Kier alpha value is -4.12. The highest BCUT2D eigenvalue weighted by atomic mass is 35.5. The van der Waals surface area contributed by atoms with Crippen molar-refractivity contribution in [3.63, 3.8) is 0 Å². The number of nitrogens with zero attached hydrogens (tertiary/aromatic N) is 3. The van der Waals surface area contributed by atoms with Crippen molar-refractivity contribution in [2.24, 2.45) is 4.99 Å². The summed E-state index contributed by atoms with van der Waals surface area (Å²) < 4.78 is 35.2. The van der Waals surface area contributed by atoms with Gasteiger partial charge in [-0.2, -0.15) is 0 Å². The van der Waals surface area contributed by atoms with Gasteiger partial charge in [0.15, 0.2) is 32.6 Å². The zero-order chi connectivity index (χ0) is 28.2. The molecule has 1 unspecified atom stereocenters. The van der Waals surface area contributed by atoms with E-state index in [1.54, 1.807) is 37.3 Å². The fraction of sp³-hybridized carbons (Fsp3) is 0.0690. The predicted molar refractivity (Wildman–Crippen MR) is 159 cm³/mol. The Morgan fingerprint density at radius 3 is 2.62 bits per heavy atom. The van der Waals surface area contributed by atoms with E-state index in [1.165, 1.54) is 43.0 Å². The van der Waals surface area contributed by atoms with E-state index in [0.29, 0.717) is 44.0 Å². The van der Waals surface area contributed by atoms with Crippen molar-refractivity contribution in [2.75, 3.05) is 11.8 Å². The number of aryl methyl sites for hydroxylation is 1. The second-order valence-corrected chi connectivity index (χ2v) is 11.1. The van der Waals surface area contributed by atoms with Gasteiger partial charge in [0.25, 0.3) is 0 Å². The van der Waals surface area contributed by atoms with E-state index >= 15 is 0 Å². The third-order valence-corrected chi connectivity index (χ3v) is 8.43. The molecule has 0 aliphatic heterocycles. The van der Waals surface area contributed by atoms with Crippen molar-refractivity contribution in [2.45, 2.75) is 11.9 Å². The molecular weight excluding hydrogens is 571 g/mol. The van der Waals surface area contributed by atoms with Crippen molar-refractivity contribution in [3.05, 3.63) is 101 Å². The predicted octanol–water partition coefficient (Wildman–Crippen LogP) is 7.57. The lowest BCUT2D eigenvalue weighted by Gasteiger charge is -2.07. The average molecular weight is 593 g/mol. The van der Waals surface area contributed by atoms with Gasteiger partial charge in [-0.3, -0.25) is 9.71 Å². The number of thiazole rings is 1. The van der Waals surface area contributed by atoms with Crippen LogP contribution in [0.3, 0.4) is 0 Å². The van der Waals surface area contributed by atoms with Crippen LogP contribution < -0.4 is 9.46 Å². The highest BCUT2D eigenvalue weighted by molar-refractivity contribution is 7.86. The summed E-state index contributed by atoms with van der Waals surface area (Å²) in [5, 5.41) is 11.0. The third kappa shape index (κ3) is 5.89. The number of hydrogen-bond acceptors (Lipinski definition) is 7. The average Bonchev–Trinajstić information content (AvgIpc) is 3.38. The Morgan fingerprint density at radius 1 is 1.10 bits per heavy atom. The zero-order valence-corrected chi connectivity index (χ0v) is 23.6. The Morgan fingerprint density at radius 2 is 1.90 bits per heavy atom. The van der Waals surface area contributed by atoms with Crippen LogP contribution in [0.2, 0.25) is 5.02 Å². The minimum absolute atomic E-state index is 0.00761. The van der Waals surface area contributed by atoms with E-state index in [0.717, 1.165) is 10.4 Å². The maximum atomic E-state index is 13.8. The molecule has 0 aliphatic carbocycles. The maximum Gasteiger partial charge on any atom is 0.196 e. The normalized spacial score (nSPS) is 12.0. The van der Waals surface area contributed by atoms with Gasteiger partial charge in [-0.15, -0.1) is 0 Å². The van der Waals surface area contributed by atoms with Crippen LogP contribution in [0.25, 0.3) is 21.7 Å². The van der Waals surface area contributed by atoms with Gasteiger partial charge < -0.3 is 9.84 Å². The molecule has 3 aromatic carbocycles. The number of ether oxygens (including phenoxy) is 1. The van der Waals surface area contributed by atoms with Crippen LogP contribution >= 0.6 is 22.9 Å². The Labute approximate surface area is 241 Å². The van der Waals surface area contributed by atoms with E-state index in [9.17, 15) is 13.7 Å². The van der Waals surface area contributed by atoms with Crippen LogP contribution in [0.4, 0.5) is 15.2 Å². The van der Waals surface area contributed by atoms with Crippen molar-refractivity contribution in [1.29, 1.82) is 0 Å². The number of pyridine rings is 1. The van der Waals surface area contributed by atoms with Gasteiger partial charge in [0.1, 0.15) is 5.82 Å². The zero-order valence-electron chi connectivity index (χ0n) is 21.3. The van der Waals surface area contributed by atoms with Crippen molar-refractivity contribution in [1.82, 2.24) is 9.97 Å². The summed E-state index contributed by atoms with van der Waals surface area (Å²) in [6, 6.07) is 20.9. The van der Waals surface area contributed by atoms with Crippen molar-refractivity contribution < 1.29 is 18.4 Å². The number of aromatic hydroxyl groups is 1. The number of rotatable bonds is 8. The van der Waals surface area contributed by atoms with Crippen LogP contribution in [0.15, 0.2) is 89.0 Å². The minimum Gasteiger partial charge on any atom is -0.504 e. The minimum atomic E-state index is -1.73. The number of phenolic OH excluding ortho intramolecular Hbond substituents is 1. The van der Waals surface area contributed by atoms with Crippen LogP contribution in [-0.2, 0) is 11.0 Å². The molecule has 40 heavy (non-hydrogen) atoms. The first-order chi connectivity index (χ1) is 19.3. The summed E-state index contributed by atoms with van der Waals surface area (Å²) >= 11 is 7.36. The molecular formula is C29H22ClFN4O3S2. The number of hydrogen-bond donors (Lipinski definition) is 2. The first-order valence-electron chi connectivity index (χ1n) is 11.9. The molecule has 0 bridgehead atoms. The van der Waals surface area contributed by atoms with E-state index in [2.05, 4.69) is 19.7 Å². The molecule has 0 amide bonds. The number of methoxy groups -OCH3 is 1. The molecule has 5 rings (SSSR count). The monoisotopic (exact) mass is 592 g/mol. The van der Waals surface area contributed by atoms with E-state index in [-0.39, 0.29) is 10.8 Å². The number of para-hydroxylation sites is 1. The maximum absolute atomic E-state index is 13.8. The number of anilines is 1. The molecule has 2 heterocycles. The lowest BCUT2D eigenvalue weighted by molar-refractivity contribution is 0.373. The largest absolute Gasteiger partial charge is 0.504 e. The SMILES string of the molecule is COc1cccc(C=Nc2cnc(S(=O)Nc3nc(-c4ccc(F)c(Cl)c4)c(-c4ccccc4)s3)c(C)c2)c1O. The highest BCUT2D eigenvalue weighted by Gasteiger charge is 2.19. The van der Waals surface area contributed by atoms with Gasteiger partial charge in [0.2, 0.25) is 0 Å². The first-order valence-corrected chi connectivity index (χ1v) is 14.2. The summed E-state index contributed by atoms with van der Waals surface area (Å²) in [5.41, 5.74) is 3.81. The highest BCUT2D eigenvalue weighted by Crippen LogP contribution is 2.40. The molecule has 0 saturated carbocycles. The van der Waals surface area contributed by atoms with Gasteiger partial charge >= 0.3 is 0 Å². The number of benzene rings is 3. The van der Waals surface area contributed by atoms with Gasteiger partial charge in [-0.05, 0) is 54.4 Å². The van der Waals surface area contributed by atoms with Crippen LogP contribution in [0.1, 0.15) is 11.1 Å². The van der Waals surface area contributed by atoms with Crippen LogP contribution in [0.5, 0.6) is 11.5 Å². The fourth-order valence-corrected chi connectivity index (χ4v) is 6.10. The van der Waals surface area contributed by atoms with E-state index < -0.39 is 16.8 Å². The summed E-state index contributed by atoms with van der Waals surface area (Å²) in [6.45, 7) is 1.78. The first kappa shape index (κ1) is 27.4. The topological polar surface area (TPSA) is 96.7 Å². The molecule has 0 fully saturated rings. The Bertz CT molecular complexity index is 1750. The number of aromatic nitrogens is 2. The number of nitrogens with one attached hydrogen (secondary N) is 1. The van der Waals surface area contributed by atoms with Crippen molar-refractivity contribution in [3.8, 4) is 33.2 Å². The third-order valence-electron chi connectivity index (χ3n) is 5.83. The summed E-state index contributed by atoms with van der Waals surface area (Å²) in [6.07, 6.45) is 3.01. The lowest BCUT2D eigenvalue weighted by Crippen LogP contribution is -2.08. The lowest BCUT2D eigenvalue weighted by atomic mass is 10.1. The van der Waals surface area contributed by atoms with Crippen LogP contribution in [0, 0.1) is 12.7 Å². The second-order valence-electron chi connectivity index (χ2n) is 8.53. The summed E-state index contributed by atoms with van der Waals surface area (Å²) in [4.78, 5) is 14.2. The molecule has 2 aromatic heterocycles. The summed E-state index contributed by atoms with van der Waals surface area (Å²) in [5.74, 6) is -0.185. The number of phenols is 1. The standard InChI is InChI=1S/C29H22ClFN4O3S2/c1-17-13-21(32-15-20-9-6-10-24(38-2)26(20)36)16-33-28(17)40(37)35-29-34-25(19-11-12-23(31)22(30)14-19)27(39-29)18-7-4-3-5-8-18/h3-16,36H,1-2H3,(H,34,35). The number of aliphatic imine (C=N–C) groups is 1. The van der Waals surface area contributed by atoms with Gasteiger partial charge in [0.05, 0.1) is 34.6 Å². The molecule has 7 nitrogen and oxygen atoms in total. The molecule has 5 aromatic rings. The van der Waals surface area contributed by atoms with Gasteiger partial charge in [0, 0.05) is 17.3 Å². The molecule has 0 aliphatic rings. The molecule has 0 radical (unpaired) electrons. The smallest absolute Gasteiger partial charge is 0.196 e. The van der Waals surface area contributed by atoms with Gasteiger partial charge in [-0.1, -0.05) is 59.3 Å². The second kappa shape index (κ2) is 12.0. The quantitative estimate of drug-likeness (QED) is 0.181. The fourth-order valence-electron chi connectivity index (χ4n) is 3.88. The molecule has 202 valence electrons. The molecule has 11 heteroatoms. The Kier molecular flexibility index (Phi) is 8.20. The molecule has 2 N–H and O–H groups in total. The molecule has 0 spiro atoms. The van der Waals surface area contributed by atoms with Gasteiger partial charge in [-0.25, -0.2) is 18.6 Å². The molecule has 0 saturated heterocycles. The number of halogens is 2. The Balaban J connectivity index is 1.40. The molecule has 1 atom stereocenters. The summed E-state index contributed by atoms with van der Waals surface area (Å²) in [7, 11) is -0.250. The van der Waals surface area contributed by atoms with E-state index in [4.69, 9.17) is 16.3 Å². The van der Waals surface area contributed by atoms with Crippen molar-refractivity contribution >= 4 is 51.0 Å². The van der Waals surface area contributed by atoms with Crippen LogP contribution in [-0.4, -0.2) is 32.6 Å².